The molecule has 0 saturated carbocycles. The molecule has 1 aliphatic rings. The van der Waals surface area contributed by atoms with E-state index >= 15 is 0 Å². The van der Waals surface area contributed by atoms with Gasteiger partial charge in [-0.2, -0.15) is 0 Å². The molecule has 8 rings (SSSR count). The molecule has 1 aliphatic heterocycles. The van der Waals surface area contributed by atoms with Crippen molar-refractivity contribution in [3.8, 4) is 33.8 Å². The first kappa shape index (κ1) is 23.2. The molecule has 0 radical (unpaired) electrons. The van der Waals surface area contributed by atoms with E-state index in [9.17, 15) is 0 Å². The number of nitrogens with one attached hydrogen (secondary N) is 1. The summed E-state index contributed by atoms with van der Waals surface area (Å²) in [7, 11) is 2.00. The van der Waals surface area contributed by atoms with Gasteiger partial charge in [-0.15, -0.1) is 0 Å². The van der Waals surface area contributed by atoms with Crippen molar-refractivity contribution in [2.24, 2.45) is 0 Å². The van der Waals surface area contributed by atoms with E-state index in [0.29, 0.717) is 0 Å². The molecule has 0 aromatic heterocycles. The first-order chi connectivity index (χ1) is 19.8. The lowest BCUT2D eigenvalue weighted by molar-refractivity contribution is 0.454. The highest BCUT2D eigenvalue weighted by atomic mass is 32.2. The van der Waals surface area contributed by atoms with Crippen LogP contribution in [0, 0.1) is 0 Å². The maximum atomic E-state index is 6.15. The first-order valence-electron chi connectivity index (χ1n) is 13.5. The zero-order valence-electron chi connectivity index (χ0n) is 21.9. The molecule has 0 fully saturated rings. The molecule has 0 unspecified atom stereocenters. The minimum atomic E-state index is 0.911. The minimum Gasteiger partial charge on any atom is -0.455 e. The Labute approximate surface area is 237 Å². The van der Waals surface area contributed by atoms with Crippen LogP contribution in [0.1, 0.15) is 0 Å². The van der Waals surface area contributed by atoms with Gasteiger partial charge in [0.05, 0.1) is 9.79 Å². The van der Waals surface area contributed by atoms with Crippen LogP contribution in [0.25, 0.3) is 54.6 Å². The third-order valence-corrected chi connectivity index (χ3v) is 9.01. The Bertz CT molecular complexity index is 2080. The van der Waals surface area contributed by atoms with Gasteiger partial charge >= 0.3 is 0 Å². The summed E-state index contributed by atoms with van der Waals surface area (Å²) in [6.07, 6.45) is 0. The molecular weight excluding hydrogens is 506 g/mol. The van der Waals surface area contributed by atoms with Crippen LogP contribution in [0.5, 0.6) is 11.5 Å². The zero-order valence-corrected chi connectivity index (χ0v) is 22.8. The van der Waals surface area contributed by atoms with Crippen molar-refractivity contribution in [2.75, 3.05) is 12.4 Å². The van der Waals surface area contributed by atoms with E-state index in [1.165, 1.54) is 54.6 Å². The molecule has 0 spiro atoms. The maximum absolute atomic E-state index is 6.15. The number of rotatable bonds is 3. The van der Waals surface area contributed by atoms with Crippen molar-refractivity contribution in [3.63, 3.8) is 0 Å². The summed E-state index contributed by atoms with van der Waals surface area (Å²) in [5, 5.41) is 11.2. The average Bonchev–Trinajstić information content (AvgIpc) is 3.03. The molecule has 2 nitrogen and oxygen atoms in total. The van der Waals surface area contributed by atoms with Crippen molar-refractivity contribution >= 4 is 49.8 Å². The summed E-state index contributed by atoms with van der Waals surface area (Å²) in [4.78, 5) is 2.29. The molecule has 0 amide bonds. The van der Waals surface area contributed by atoms with E-state index in [2.05, 4.69) is 121 Å². The van der Waals surface area contributed by atoms with Gasteiger partial charge in [-0.25, -0.2) is 0 Å². The van der Waals surface area contributed by atoms with Gasteiger partial charge in [0, 0.05) is 18.3 Å². The van der Waals surface area contributed by atoms with Crippen LogP contribution in [-0.2, 0) is 0 Å². The van der Waals surface area contributed by atoms with Gasteiger partial charge in [-0.05, 0) is 85.4 Å². The Morgan fingerprint density at radius 2 is 1.05 bits per heavy atom. The third kappa shape index (κ3) is 3.66. The van der Waals surface area contributed by atoms with Crippen molar-refractivity contribution in [1.29, 1.82) is 0 Å². The van der Waals surface area contributed by atoms with Crippen LogP contribution >= 0.6 is 11.8 Å². The van der Waals surface area contributed by atoms with Crippen LogP contribution in [0.3, 0.4) is 0 Å². The summed E-state index contributed by atoms with van der Waals surface area (Å²) in [5.74, 6) is 1.83. The Balaban J connectivity index is 1.23. The fourth-order valence-electron chi connectivity index (χ4n) is 5.97. The third-order valence-electron chi connectivity index (χ3n) is 7.91. The normalized spacial score (nSPS) is 12.2. The summed E-state index contributed by atoms with van der Waals surface area (Å²) >= 11 is 1.76. The Morgan fingerprint density at radius 3 is 1.80 bits per heavy atom. The predicted octanol–water partition coefficient (Wildman–Crippen LogP) is 10.8. The van der Waals surface area contributed by atoms with Crippen LogP contribution in [0.15, 0.2) is 137 Å². The van der Waals surface area contributed by atoms with E-state index < -0.39 is 0 Å². The monoisotopic (exact) mass is 531 g/mol. The average molecular weight is 532 g/mol. The van der Waals surface area contributed by atoms with Gasteiger partial charge in [0.2, 0.25) is 0 Å². The van der Waals surface area contributed by atoms with Crippen molar-refractivity contribution in [2.45, 2.75) is 9.79 Å². The van der Waals surface area contributed by atoms with Crippen LogP contribution < -0.4 is 10.1 Å². The number of hydrogen-bond donors (Lipinski definition) is 1. The van der Waals surface area contributed by atoms with Gasteiger partial charge in [0.1, 0.15) is 11.5 Å². The summed E-state index contributed by atoms with van der Waals surface area (Å²) in [5.41, 5.74) is 5.85. The predicted molar refractivity (Wildman–Crippen MR) is 170 cm³/mol. The molecular formula is C37H25NOS. The molecule has 1 heterocycles. The Hall–Kier alpha value is -4.73. The lowest BCUT2D eigenvalue weighted by atomic mass is 9.91. The van der Waals surface area contributed by atoms with Gasteiger partial charge in [-0.3, -0.25) is 0 Å². The van der Waals surface area contributed by atoms with E-state index in [1.54, 1.807) is 11.8 Å². The maximum Gasteiger partial charge on any atom is 0.141 e. The Morgan fingerprint density at radius 1 is 0.475 bits per heavy atom. The topological polar surface area (TPSA) is 21.3 Å². The fraction of sp³-hybridized carbons (Fsp3) is 0.0270. The molecule has 1 N–H and O–H groups in total. The number of ether oxygens (including phenoxy) is 1. The van der Waals surface area contributed by atoms with Crippen molar-refractivity contribution < 1.29 is 4.74 Å². The number of para-hydroxylation sites is 1. The molecule has 0 atom stereocenters. The molecule has 7 aromatic rings. The second-order valence-electron chi connectivity index (χ2n) is 10.2. The highest BCUT2D eigenvalue weighted by Gasteiger charge is 2.18. The molecule has 3 heteroatoms. The van der Waals surface area contributed by atoms with Gasteiger partial charge < -0.3 is 10.1 Å². The van der Waals surface area contributed by atoms with Gasteiger partial charge in [0.25, 0.3) is 0 Å². The molecule has 190 valence electrons. The molecule has 0 bridgehead atoms. The lowest BCUT2D eigenvalue weighted by Crippen LogP contribution is -1.96. The van der Waals surface area contributed by atoms with E-state index in [0.717, 1.165) is 27.0 Å². The zero-order chi connectivity index (χ0) is 26.6. The number of anilines is 1. The molecule has 0 aliphatic carbocycles. The largest absolute Gasteiger partial charge is 0.455 e. The number of hydrogen-bond acceptors (Lipinski definition) is 3. The fourth-order valence-corrected chi connectivity index (χ4v) is 6.96. The molecule has 40 heavy (non-hydrogen) atoms. The summed E-state index contributed by atoms with van der Waals surface area (Å²) < 4.78 is 6.15. The number of fused-ring (bicyclic) bond motifs is 8. The first-order valence-corrected chi connectivity index (χ1v) is 14.3. The molecule has 0 saturated heterocycles. The van der Waals surface area contributed by atoms with Crippen molar-refractivity contribution in [1.82, 2.24) is 0 Å². The smallest absolute Gasteiger partial charge is 0.141 e. The Kier molecular flexibility index (Phi) is 5.32. The van der Waals surface area contributed by atoms with Gasteiger partial charge in [0.15, 0.2) is 0 Å². The second kappa shape index (κ2) is 9.18. The highest BCUT2D eigenvalue weighted by Crippen LogP contribution is 2.48. The summed E-state index contributed by atoms with van der Waals surface area (Å²) in [6.45, 7) is 0. The van der Waals surface area contributed by atoms with E-state index in [1.807, 2.05) is 19.2 Å². The van der Waals surface area contributed by atoms with E-state index in [-0.39, 0.29) is 0 Å². The highest BCUT2D eigenvalue weighted by molar-refractivity contribution is 7.99. The standard InChI is InChI=1S/C37H25NOS/c1-38-33-21-23(24-16-19-35-37(22-24)40-36-13-7-6-12-34(36)39-35)14-17-26(33)25-15-18-31-29-10-3-2-8-27(29)28-9-4-5-11-30(28)32(31)20-25/h2-22,38H,1H3. The number of benzene rings is 7. The SMILES string of the molecule is CNc1cc(-c2ccc3c(c2)Sc2ccccc2O3)ccc1-c1ccc2c3ccccc3c3ccccc3c2c1. The van der Waals surface area contributed by atoms with Crippen molar-refractivity contribution in [3.05, 3.63) is 127 Å². The van der Waals surface area contributed by atoms with Crippen LogP contribution in [0.4, 0.5) is 5.69 Å². The summed E-state index contributed by atoms with van der Waals surface area (Å²) in [6, 6.07) is 45.7. The minimum absolute atomic E-state index is 0.911. The quantitative estimate of drug-likeness (QED) is 0.229. The van der Waals surface area contributed by atoms with Crippen LogP contribution in [0.2, 0.25) is 0 Å². The lowest BCUT2D eigenvalue weighted by Gasteiger charge is -2.20. The van der Waals surface area contributed by atoms with E-state index in [4.69, 9.17) is 4.74 Å². The van der Waals surface area contributed by atoms with Crippen LogP contribution in [-0.4, -0.2) is 7.05 Å². The second-order valence-corrected chi connectivity index (χ2v) is 11.3. The molecule has 7 aromatic carbocycles. The van der Waals surface area contributed by atoms with Gasteiger partial charge in [-0.1, -0.05) is 103 Å².